The molecule has 3 rings (SSSR count). The lowest BCUT2D eigenvalue weighted by Crippen LogP contribution is -2.45. The van der Waals surface area contributed by atoms with Crippen LogP contribution in [0.3, 0.4) is 0 Å². The third kappa shape index (κ3) is 3.62. The Bertz CT molecular complexity index is 634. The van der Waals surface area contributed by atoms with Crippen molar-refractivity contribution in [2.45, 2.75) is 32.4 Å². The van der Waals surface area contributed by atoms with Crippen molar-refractivity contribution in [3.63, 3.8) is 0 Å². The summed E-state index contributed by atoms with van der Waals surface area (Å²) in [4.78, 5) is 7.11. The van der Waals surface area contributed by atoms with E-state index in [1.165, 1.54) is 23.8 Å². The van der Waals surface area contributed by atoms with Crippen molar-refractivity contribution in [1.29, 1.82) is 0 Å². The Morgan fingerprint density at radius 1 is 1.36 bits per heavy atom. The molecule has 0 spiro atoms. The number of pyridine rings is 1. The fourth-order valence-corrected chi connectivity index (χ4v) is 3.75. The second kappa shape index (κ2) is 7.73. The number of hydrogen-bond donors (Lipinski definition) is 1. The lowest BCUT2D eigenvalue weighted by atomic mass is 9.92. The molecule has 1 aliphatic heterocycles. The summed E-state index contributed by atoms with van der Waals surface area (Å²) in [5.74, 6) is 0.787. The van der Waals surface area contributed by atoms with E-state index in [2.05, 4.69) is 50.9 Å². The molecule has 120 valence electrons. The third-order valence-corrected chi connectivity index (χ3v) is 5.24. The third-order valence-electron chi connectivity index (χ3n) is 4.55. The Labute approximate surface area is 146 Å². The minimum Gasteiger partial charge on any atom is -0.329 e. The molecule has 5 heteroatoms. The average Bonchev–Trinajstić information content (AvgIpc) is 2.52. The van der Waals surface area contributed by atoms with E-state index >= 15 is 0 Å². The summed E-state index contributed by atoms with van der Waals surface area (Å²) in [6, 6.07) is 8.92. The van der Waals surface area contributed by atoms with Gasteiger partial charge < -0.3 is 5.73 Å². The average molecular weight is 385 g/mol. The van der Waals surface area contributed by atoms with Gasteiger partial charge in [-0.2, -0.15) is 0 Å². The maximum absolute atomic E-state index is 5.98. The van der Waals surface area contributed by atoms with E-state index in [-0.39, 0.29) is 12.4 Å². The van der Waals surface area contributed by atoms with Crippen LogP contribution in [0.15, 0.2) is 34.9 Å². The van der Waals surface area contributed by atoms with Crippen molar-refractivity contribution in [3.05, 3.63) is 40.5 Å². The molecule has 0 saturated carbocycles. The standard InChI is InChI=1S/C17H22BrN3.ClH/c1-12-6-8-21(14(9-12)10-19)11-13-4-5-16(18)15-3-2-7-20-17(13)15;/h2-5,7,12,14H,6,8-11,19H2,1H3;1H. The molecule has 2 N–H and O–H groups in total. The Kier molecular flexibility index (Phi) is 6.21. The molecule has 2 unspecified atom stereocenters. The van der Waals surface area contributed by atoms with Crippen LogP contribution in [-0.4, -0.2) is 29.0 Å². The minimum absolute atomic E-state index is 0. The van der Waals surface area contributed by atoms with Crippen LogP contribution in [0.25, 0.3) is 10.9 Å². The van der Waals surface area contributed by atoms with Gasteiger partial charge in [-0.15, -0.1) is 12.4 Å². The van der Waals surface area contributed by atoms with Crippen LogP contribution in [0.4, 0.5) is 0 Å². The Hall–Kier alpha value is -0.680. The van der Waals surface area contributed by atoms with Crippen LogP contribution in [0, 0.1) is 5.92 Å². The summed E-state index contributed by atoms with van der Waals surface area (Å²) in [5, 5.41) is 1.18. The van der Waals surface area contributed by atoms with Gasteiger partial charge in [0.2, 0.25) is 0 Å². The normalized spacial score (nSPS) is 22.5. The number of piperidine rings is 1. The van der Waals surface area contributed by atoms with Gasteiger partial charge in [0.15, 0.2) is 0 Å². The number of nitrogens with zero attached hydrogens (tertiary/aromatic N) is 2. The van der Waals surface area contributed by atoms with Gasteiger partial charge in [-0.3, -0.25) is 9.88 Å². The van der Waals surface area contributed by atoms with Gasteiger partial charge in [0, 0.05) is 35.2 Å². The van der Waals surface area contributed by atoms with Crippen molar-refractivity contribution in [1.82, 2.24) is 9.88 Å². The number of hydrogen-bond acceptors (Lipinski definition) is 3. The SMILES string of the molecule is CC1CCN(Cc2ccc(Br)c3cccnc23)C(CN)C1.Cl. The topological polar surface area (TPSA) is 42.2 Å². The van der Waals surface area contributed by atoms with Crippen molar-refractivity contribution in [2.75, 3.05) is 13.1 Å². The molecule has 1 saturated heterocycles. The summed E-state index contributed by atoms with van der Waals surface area (Å²) >= 11 is 3.62. The highest BCUT2D eigenvalue weighted by atomic mass is 79.9. The largest absolute Gasteiger partial charge is 0.329 e. The zero-order valence-electron chi connectivity index (χ0n) is 12.8. The van der Waals surface area contributed by atoms with Crippen LogP contribution in [-0.2, 0) is 6.54 Å². The van der Waals surface area contributed by atoms with Crippen molar-refractivity contribution in [2.24, 2.45) is 11.7 Å². The summed E-state index contributed by atoms with van der Waals surface area (Å²) in [7, 11) is 0. The fraction of sp³-hybridized carbons (Fsp3) is 0.471. The lowest BCUT2D eigenvalue weighted by molar-refractivity contribution is 0.115. The van der Waals surface area contributed by atoms with Gasteiger partial charge in [0.05, 0.1) is 5.52 Å². The highest BCUT2D eigenvalue weighted by Gasteiger charge is 2.25. The van der Waals surface area contributed by atoms with Crippen molar-refractivity contribution in [3.8, 4) is 0 Å². The molecule has 2 heterocycles. The van der Waals surface area contributed by atoms with E-state index in [1.54, 1.807) is 0 Å². The van der Waals surface area contributed by atoms with Gasteiger partial charge in [0.1, 0.15) is 0 Å². The number of aromatic nitrogens is 1. The molecule has 0 aliphatic carbocycles. The number of nitrogens with two attached hydrogens (primary N) is 1. The first-order valence-corrected chi connectivity index (χ1v) is 8.44. The molecule has 1 aliphatic rings. The highest BCUT2D eigenvalue weighted by molar-refractivity contribution is 9.10. The maximum Gasteiger partial charge on any atom is 0.0758 e. The maximum atomic E-state index is 5.98. The molecule has 2 atom stereocenters. The van der Waals surface area contributed by atoms with E-state index in [1.807, 2.05) is 12.3 Å². The van der Waals surface area contributed by atoms with Crippen LogP contribution in [0.1, 0.15) is 25.3 Å². The molecule has 3 nitrogen and oxygen atoms in total. The summed E-state index contributed by atoms with van der Waals surface area (Å²) < 4.78 is 1.11. The number of fused-ring (bicyclic) bond motifs is 1. The van der Waals surface area contributed by atoms with E-state index in [4.69, 9.17) is 5.73 Å². The Morgan fingerprint density at radius 3 is 2.95 bits per heavy atom. The molecule has 0 bridgehead atoms. The van der Waals surface area contributed by atoms with Crippen LogP contribution < -0.4 is 5.73 Å². The lowest BCUT2D eigenvalue weighted by Gasteiger charge is -2.38. The van der Waals surface area contributed by atoms with Crippen LogP contribution >= 0.6 is 28.3 Å². The molecule has 0 radical (unpaired) electrons. The van der Waals surface area contributed by atoms with E-state index in [0.717, 1.165) is 35.5 Å². The van der Waals surface area contributed by atoms with Crippen molar-refractivity contribution >= 4 is 39.2 Å². The zero-order valence-corrected chi connectivity index (χ0v) is 15.2. The minimum atomic E-state index is 0. The second-order valence-electron chi connectivity index (χ2n) is 6.10. The molecule has 1 fully saturated rings. The van der Waals surface area contributed by atoms with Gasteiger partial charge in [-0.25, -0.2) is 0 Å². The van der Waals surface area contributed by atoms with Gasteiger partial charge in [-0.1, -0.05) is 35.0 Å². The van der Waals surface area contributed by atoms with E-state index < -0.39 is 0 Å². The van der Waals surface area contributed by atoms with Gasteiger partial charge in [-0.05, 0) is 43.0 Å². The van der Waals surface area contributed by atoms with Crippen LogP contribution in [0.2, 0.25) is 0 Å². The first-order chi connectivity index (χ1) is 10.2. The number of likely N-dealkylation sites (tertiary alicyclic amines) is 1. The zero-order chi connectivity index (χ0) is 14.8. The van der Waals surface area contributed by atoms with Crippen LogP contribution in [0.5, 0.6) is 0 Å². The Morgan fingerprint density at radius 2 is 2.18 bits per heavy atom. The quantitative estimate of drug-likeness (QED) is 0.870. The first kappa shape index (κ1) is 17.7. The molecule has 22 heavy (non-hydrogen) atoms. The predicted octanol–water partition coefficient (Wildman–Crippen LogP) is 3.98. The number of rotatable bonds is 3. The number of halogens is 2. The summed E-state index contributed by atoms with van der Waals surface area (Å²) in [6.07, 6.45) is 4.34. The van der Waals surface area contributed by atoms with E-state index in [9.17, 15) is 0 Å². The van der Waals surface area contributed by atoms with Crippen molar-refractivity contribution < 1.29 is 0 Å². The Balaban J connectivity index is 0.00000176. The first-order valence-electron chi connectivity index (χ1n) is 7.65. The molecule has 1 aromatic carbocycles. The van der Waals surface area contributed by atoms with Gasteiger partial charge in [0.25, 0.3) is 0 Å². The fourth-order valence-electron chi connectivity index (χ4n) is 3.30. The smallest absolute Gasteiger partial charge is 0.0758 e. The van der Waals surface area contributed by atoms with E-state index in [0.29, 0.717) is 6.04 Å². The molecular weight excluding hydrogens is 362 g/mol. The molecule has 0 amide bonds. The monoisotopic (exact) mass is 383 g/mol. The second-order valence-corrected chi connectivity index (χ2v) is 6.95. The molecule has 1 aromatic heterocycles. The van der Waals surface area contributed by atoms with Gasteiger partial charge >= 0.3 is 0 Å². The predicted molar refractivity (Wildman–Crippen MR) is 98.3 cm³/mol. The number of benzene rings is 1. The summed E-state index contributed by atoms with van der Waals surface area (Å²) in [5.41, 5.74) is 8.37. The highest BCUT2D eigenvalue weighted by Crippen LogP contribution is 2.28. The molecule has 2 aromatic rings. The summed E-state index contributed by atoms with van der Waals surface area (Å²) in [6.45, 7) is 5.14. The molecular formula is C17H23BrClN3.